The molecule has 0 aromatic rings. The fourth-order valence-electron chi connectivity index (χ4n) is 1.51. The maximum Gasteiger partial charge on any atom is 0.306 e. The second-order valence-corrected chi connectivity index (χ2v) is 4.70. The molecule has 0 heterocycles. The van der Waals surface area contributed by atoms with Gasteiger partial charge in [0.25, 0.3) is 0 Å². The van der Waals surface area contributed by atoms with E-state index in [0.29, 0.717) is 13.2 Å². The van der Waals surface area contributed by atoms with E-state index in [4.69, 9.17) is 9.47 Å². The Balaban J connectivity index is 3.40. The molecule has 0 unspecified atom stereocenters. The average Bonchev–Trinajstić information content (AvgIpc) is 2.45. The molecule has 0 radical (unpaired) electrons. The minimum absolute atomic E-state index is 0.106. The van der Waals surface area contributed by atoms with Crippen molar-refractivity contribution < 1.29 is 19.1 Å². The lowest BCUT2D eigenvalue weighted by Gasteiger charge is -2.04. The van der Waals surface area contributed by atoms with E-state index in [1.807, 2.05) is 6.92 Å². The molecule has 0 saturated heterocycles. The molecule has 0 saturated carbocycles. The molecule has 0 bridgehead atoms. The lowest BCUT2D eigenvalue weighted by atomic mass is 10.2. The lowest BCUT2D eigenvalue weighted by molar-refractivity contribution is -0.150. The van der Waals surface area contributed by atoms with Crippen LogP contribution in [0.2, 0.25) is 0 Å². The molecule has 0 atom stereocenters. The number of carbonyl (C=O) groups is 2. The topological polar surface area (TPSA) is 52.6 Å². The van der Waals surface area contributed by atoms with Crippen molar-refractivity contribution in [2.24, 2.45) is 0 Å². The zero-order valence-electron chi connectivity index (χ0n) is 12.9. The first kappa shape index (κ1) is 18.7. The van der Waals surface area contributed by atoms with Crippen molar-refractivity contribution in [1.29, 1.82) is 0 Å². The van der Waals surface area contributed by atoms with Gasteiger partial charge in [0.05, 0.1) is 26.1 Å². The standard InChI is InChI=1S/C16H28O4/c1-3-5-6-7-8-9-10-14-20-16(18)12-11-15(17)19-13-4-2/h7-8H,3-6,9-14H2,1-2H3/b8-7+. The zero-order valence-corrected chi connectivity index (χ0v) is 12.9. The van der Waals surface area contributed by atoms with Crippen LogP contribution in [0.15, 0.2) is 12.2 Å². The van der Waals surface area contributed by atoms with Crippen LogP contribution in [-0.4, -0.2) is 25.2 Å². The van der Waals surface area contributed by atoms with Crippen LogP contribution in [0.1, 0.15) is 65.2 Å². The Labute approximate surface area is 122 Å². The molecule has 0 aliphatic carbocycles. The van der Waals surface area contributed by atoms with Crippen molar-refractivity contribution in [2.45, 2.75) is 65.2 Å². The van der Waals surface area contributed by atoms with E-state index in [-0.39, 0.29) is 24.8 Å². The molecule has 0 aliphatic heterocycles. The van der Waals surface area contributed by atoms with Gasteiger partial charge in [-0.2, -0.15) is 0 Å². The third kappa shape index (κ3) is 13.1. The molecule has 0 aromatic heterocycles. The molecule has 0 fully saturated rings. The molecule has 0 aromatic carbocycles. The molecule has 0 rings (SSSR count). The Morgan fingerprint density at radius 1 is 0.800 bits per heavy atom. The van der Waals surface area contributed by atoms with E-state index in [1.54, 1.807) is 0 Å². The SMILES string of the molecule is CCCC/C=C/CCCOC(=O)CCC(=O)OCCC. The van der Waals surface area contributed by atoms with Gasteiger partial charge < -0.3 is 9.47 Å². The number of unbranched alkanes of at least 4 members (excludes halogenated alkanes) is 3. The summed E-state index contributed by atoms with van der Waals surface area (Å²) >= 11 is 0. The minimum Gasteiger partial charge on any atom is -0.466 e. The number of hydrogen-bond donors (Lipinski definition) is 0. The lowest BCUT2D eigenvalue weighted by Crippen LogP contribution is -2.11. The van der Waals surface area contributed by atoms with Gasteiger partial charge in [0, 0.05) is 0 Å². The second-order valence-electron chi connectivity index (χ2n) is 4.70. The summed E-state index contributed by atoms with van der Waals surface area (Å²) in [6, 6.07) is 0. The van der Waals surface area contributed by atoms with Crippen molar-refractivity contribution in [3.05, 3.63) is 12.2 Å². The maximum absolute atomic E-state index is 11.3. The predicted molar refractivity (Wildman–Crippen MR) is 79.3 cm³/mol. The smallest absolute Gasteiger partial charge is 0.306 e. The van der Waals surface area contributed by atoms with Crippen LogP contribution in [0, 0.1) is 0 Å². The molecular weight excluding hydrogens is 256 g/mol. The number of allylic oxidation sites excluding steroid dienone is 2. The van der Waals surface area contributed by atoms with Gasteiger partial charge >= 0.3 is 11.9 Å². The van der Waals surface area contributed by atoms with E-state index in [9.17, 15) is 9.59 Å². The highest BCUT2D eigenvalue weighted by atomic mass is 16.5. The normalized spacial score (nSPS) is 10.7. The number of rotatable bonds is 12. The van der Waals surface area contributed by atoms with E-state index < -0.39 is 0 Å². The summed E-state index contributed by atoms with van der Waals surface area (Å²) in [7, 11) is 0. The van der Waals surface area contributed by atoms with Crippen LogP contribution < -0.4 is 0 Å². The molecule has 0 amide bonds. The maximum atomic E-state index is 11.3. The Kier molecular flexibility index (Phi) is 13.2. The third-order valence-corrected chi connectivity index (χ3v) is 2.67. The van der Waals surface area contributed by atoms with Gasteiger partial charge in [-0.3, -0.25) is 9.59 Å². The summed E-state index contributed by atoms with van der Waals surface area (Å²) in [5, 5.41) is 0. The van der Waals surface area contributed by atoms with Gasteiger partial charge in [-0.15, -0.1) is 0 Å². The average molecular weight is 284 g/mol. The van der Waals surface area contributed by atoms with Crippen LogP contribution in [-0.2, 0) is 19.1 Å². The molecule has 4 heteroatoms. The van der Waals surface area contributed by atoms with Gasteiger partial charge in [0.2, 0.25) is 0 Å². The van der Waals surface area contributed by atoms with Crippen LogP contribution in [0.4, 0.5) is 0 Å². The highest BCUT2D eigenvalue weighted by molar-refractivity contribution is 5.77. The first-order valence-electron chi connectivity index (χ1n) is 7.66. The van der Waals surface area contributed by atoms with Gasteiger partial charge in [0.1, 0.15) is 0 Å². The summed E-state index contributed by atoms with van der Waals surface area (Å²) in [6.07, 6.45) is 10.6. The van der Waals surface area contributed by atoms with Crippen LogP contribution in [0.3, 0.4) is 0 Å². The van der Waals surface area contributed by atoms with Crippen LogP contribution in [0.5, 0.6) is 0 Å². The monoisotopic (exact) mass is 284 g/mol. The van der Waals surface area contributed by atoms with Crippen LogP contribution in [0.25, 0.3) is 0 Å². The minimum atomic E-state index is -0.331. The van der Waals surface area contributed by atoms with Crippen molar-refractivity contribution in [3.63, 3.8) is 0 Å². The predicted octanol–water partition coefficient (Wildman–Crippen LogP) is 3.79. The summed E-state index contributed by atoms with van der Waals surface area (Å²) in [5.74, 6) is -0.656. The molecule has 0 N–H and O–H groups in total. The van der Waals surface area contributed by atoms with Gasteiger partial charge in [-0.25, -0.2) is 0 Å². The molecule has 4 nitrogen and oxygen atoms in total. The summed E-state index contributed by atoms with van der Waals surface area (Å²) in [4.78, 5) is 22.5. The fourth-order valence-corrected chi connectivity index (χ4v) is 1.51. The number of esters is 2. The Morgan fingerprint density at radius 3 is 1.90 bits per heavy atom. The summed E-state index contributed by atoms with van der Waals surface area (Å²) in [6.45, 7) is 4.93. The van der Waals surface area contributed by atoms with Gasteiger partial charge in [0.15, 0.2) is 0 Å². The Bertz CT molecular complexity index is 284. The quantitative estimate of drug-likeness (QED) is 0.311. The fraction of sp³-hybridized carbons (Fsp3) is 0.750. The molecule has 116 valence electrons. The Hall–Kier alpha value is -1.32. The van der Waals surface area contributed by atoms with Crippen molar-refractivity contribution >= 4 is 11.9 Å². The van der Waals surface area contributed by atoms with Crippen LogP contribution >= 0.6 is 0 Å². The van der Waals surface area contributed by atoms with Gasteiger partial charge in [-0.05, 0) is 25.7 Å². The van der Waals surface area contributed by atoms with E-state index in [2.05, 4.69) is 19.1 Å². The van der Waals surface area contributed by atoms with E-state index >= 15 is 0 Å². The molecule has 0 spiro atoms. The molecular formula is C16H28O4. The molecule has 0 aliphatic rings. The third-order valence-electron chi connectivity index (χ3n) is 2.67. The number of ether oxygens (including phenoxy) is 2. The summed E-state index contributed by atoms with van der Waals surface area (Å²) < 4.78 is 9.92. The van der Waals surface area contributed by atoms with Gasteiger partial charge in [-0.1, -0.05) is 38.8 Å². The van der Waals surface area contributed by atoms with E-state index in [0.717, 1.165) is 25.7 Å². The van der Waals surface area contributed by atoms with Crippen molar-refractivity contribution in [1.82, 2.24) is 0 Å². The highest BCUT2D eigenvalue weighted by Crippen LogP contribution is 2.00. The largest absolute Gasteiger partial charge is 0.466 e. The number of hydrogen-bond acceptors (Lipinski definition) is 4. The summed E-state index contributed by atoms with van der Waals surface area (Å²) in [5.41, 5.74) is 0. The van der Waals surface area contributed by atoms with Crippen molar-refractivity contribution in [2.75, 3.05) is 13.2 Å². The first-order valence-corrected chi connectivity index (χ1v) is 7.66. The second kappa shape index (κ2) is 14.1. The van der Waals surface area contributed by atoms with Crippen molar-refractivity contribution in [3.8, 4) is 0 Å². The Morgan fingerprint density at radius 2 is 1.35 bits per heavy atom. The highest BCUT2D eigenvalue weighted by Gasteiger charge is 2.08. The molecule has 20 heavy (non-hydrogen) atoms. The van der Waals surface area contributed by atoms with E-state index in [1.165, 1.54) is 12.8 Å². The zero-order chi connectivity index (χ0) is 15.1. The first-order chi connectivity index (χ1) is 9.70. The number of carbonyl (C=O) groups excluding carboxylic acids is 2.